The van der Waals surface area contributed by atoms with E-state index >= 15 is 0 Å². The first-order chi connectivity index (χ1) is 38.6. The van der Waals surface area contributed by atoms with Crippen LogP contribution in [0.3, 0.4) is 0 Å². The van der Waals surface area contributed by atoms with Crippen LogP contribution in [-0.4, -0.2) is 89.2 Å². The first-order valence-corrected chi connectivity index (χ1v) is 31.6. The molecule has 452 valence electrons. The lowest BCUT2D eigenvalue weighted by Crippen LogP contribution is -2.61. The molecule has 0 aromatic heterocycles. The van der Waals surface area contributed by atoms with Crippen LogP contribution in [0, 0.1) is 0 Å². The highest BCUT2D eigenvalue weighted by atomic mass is 16.7. The Hall–Kier alpha value is -4.10. The normalized spacial score (nSPS) is 18.4. The number of allylic oxidation sites excluding steroid dienone is 14. The van der Waals surface area contributed by atoms with Gasteiger partial charge in [-0.25, -0.2) is 4.79 Å². The molecule has 6 unspecified atom stereocenters. The summed E-state index contributed by atoms with van der Waals surface area (Å²) in [4.78, 5) is 51.2. The summed E-state index contributed by atoms with van der Waals surface area (Å²) in [5.74, 6) is -3.24. The summed E-state index contributed by atoms with van der Waals surface area (Å²) in [6, 6.07) is 0. The zero-order valence-electron chi connectivity index (χ0n) is 49.8. The zero-order valence-corrected chi connectivity index (χ0v) is 49.8. The van der Waals surface area contributed by atoms with Crippen molar-refractivity contribution in [2.45, 2.75) is 302 Å². The SMILES string of the molecule is CC/C=C\C/C=C\C/C=C\C/C=C\CCC(=O)OC(COC(=O)CCCCCCCCCCC/C=C\CCCCCCCC)COC1OC(C(=O)O)C(O)C(O)C1OC(=O)CCCCCCCCC/C=C\C/C=C\CCCCC. The highest BCUT2D eigenvalue weighted by Crippen LogP contribution is 2.26. The van der Waals surface area contributed by atoms with Crippen molar-refractivity contribution in [3.63, 3.8) is 0 Å². The van der Waals surface area contributed by atoms with Gasteiger partial charge in [-0.2, -0.15) is 0 Å². The van der Waals surface area contributed by atoms with Gasteiger partial charge in [-0.15, -0.1) is 0 Å². The van der Waals surface area contributed by atoms with E-state index in [0.29, 0.717) is 25.7 Å². The van der Waals surface area contributed by atoms with Gasteiger partial charge in [0, 0.05) is 19.3 Å². The maximum Gasteiger partial charge on any atom is 0.335 e. The summed E-state index contributed by atoms with van der Waals surface area (Å²) in [5, 5.41) is 31.5. The summed E-state index contributed by atoms with van der Waals surface area (Å²) in [6.07, 6.45) is 58.5. The number of ether oxygens (including phenoxy) is 5. The third kappa shape index (κ3) is 44.3. The van der Waals surface area contributed by atoms with E-state index in [-0.39, 0.29) is 25.9 Å². The maximum absolute atomic E-state index is 13.1. The van der Waals surface area contributed by atoms with Gasteiger partial charge in [-0.1, -0.05) is 228 Å². The number of aliphatic carboxylic acids is 1. The van der Waals surface area contributed by atoms with Crippen LogP contribution in [-0.2, 0) is 42.9 Å². The molecule has 1 aliphatic heterocycles. The molecule has 0 radical (unpaired) electrons. The Morgan fingerprint density at radius 1 is 0.430 bits per heavy atom. The molecule has 1 saturated heterocycles. The van der Waals surface area contributed by atoms with Gasteiger partial charge in [0.2, 0.25) is 0 Å². The van der Waals surface area contributed by atoms with E-state index in [1.807, 2.05) is 12.2 Å². The Morgan fingerprint density at radius 2 is 0.823 bits per heavy atom. The van der Waals surface area contributed by atoms with Gasteiger partial charge >= 0.3 is 23.9 Å². The van der Waals surface area contributed by atoms with Crippen molar-refractivity contribution in [2.75, 3.05) is 13.2 Å². The van der Waals surface area contributed by atoms with E-state index in [2.05, 4.69) is 93.7 Å². The lowest BCUT2D eigenvalue weighted by atomic mass is 9.98. The van der Waals surface area contributed by atoms with Gasteiger partial charge in [-0.05, 0) is 103 Å². The minimum Gasteiger partial charge on any atom is -0.479 e. The summed E-state index contributed by atoms with van der Waals surface area (Å²) in [6.45, 7) is 5.80. The van der Waals surface area contributed by atoms with Crippen molar-refractivity contribution in [3.8, 4) is 0 Å². The number of unbranched alkanes of at least 4 members (excludes halogenated alkanes) is 25. The van der Waals surface area contributed by atoms with E-state index in [1.165, 1.54) is 103 Å². The summed E-state index contributed by atoms with van der Waals surface area (Å²) in [7, 11) is 0. The lowest BCUT2D eigenvalue weighted by Gasteiger charge is -2.40. The molecule has 0 amide bonds. The molecule has 0 aromatic carbocycles. The molecule has 0 aromatic rings. The van der Waals surface area contributed by atoms with Crippen LogP contribution < -0.4 is 0 Å². The average Bonchev–Trinajstić information content (AvgIpc) is 3.44. The average molecular weight is 1110 g/mol. The number of hydrogen-bond donors (Lipinski definition) is 3. The predicted molar refractivity (Wildman–Crippen MR) is 321 cm³/mol. The van der Waals surface area contributed by atoms with Gasteiger partial charge in [0.05, 0.1) is 6.61 Å². The molecule has 0 spiro atoms. The Labute approximate surface area is 480 Å². The highest BCUT2D eigenvalue weighted by molar-refractivity contribution is 5.74. The van der Waals surface area contributed by atoms with Crippen LogP contribution in [0.15, 0.2) is 85.1 Å². The molecule has 1 rings (SSSR count). The third-order valence-electron chi connectivity index (χ3n) is 13.9. The fourth-order valence-electron chi connectivity index (χ4n) is 9.11. The minimum absolute atomic E-state index is 0.0384. The smallest absolute Gasteiger partial charge is 0.335 e. The topological polar surface area (TPSA) is 175 Å². The van der Waals surface area contributed by atoms with E-state index in [4.69, 9.17) is 23.7 Å². The molecule has 1 fully saturated rings. The quantitative estimate of drug-likeness (QED) is 0.0228. The molecule has 12 heteroatoms. The van der Waals surface area contributed by atoms with Gasteiger partial charge in [0.15, 0.2) is 24.6 Å². The molecule has 1 heterocycles. The second-order valence-corrected chi connectivity index (χ2v) is 21.3. The molecule has 3 N–H and O–H groups in total. The monoisotopic (exact) mass is 1110 g/mol. The fourth-order valence-corrected chi connectivity index (χ4v) is 9.11. The molecule has 0 aliphatic carbocycles. The van der Waals surface area contributed by atoms with Gasteiger partial charge in [0.1, 0.15) is 18.8 Å². The number of carbonyl (C=O) groups excluding carboxylic acids is 3. The number of esters is 3. The fraction of sp³-hybridized carbons (Fsp3) is 0.731. The number of hydrogen-bond acceptors (Lipinski definition) is 11. The number of aliphatic hydroxyl groups excluding tert-OH is 2. The molecule has 79 heavy (non-hydrogen) atoms. The molecular formula is C67H112O12. The van der Waals surface area contributed by atoms with Crippen LogP contribution >= 0.6 is 0 Å². The maximum atomic E-state index is 13.1. The van der Waals surface area contributed by atoms with Crippen LogP contribution in [0.1, 0.15) is 265 Å². The molecule has 0 bridgehead atoms. The van der Waals surface area contributed by atoms with Crippen molar-refractivity contribution in [3.05, 3.63) is 85.1 Å². The van der Waals surface area contributed by atoms with Crippen LogP contribution in [0.25, 0.3) is 0 Å². The van der Waals surface area contributed by atoms with Crippen molar-refractivity contribution < 1.29 is 58.2 Å². The van der Waals surface area contributed by atoms with Gasteiger partial charge in [-0.3, -0.25) is 14.4 Å². The molecule has 6 atom stereocenters. The van der Waals surface area contributed by atoms with Crippen LogP contribution in [0.2, 0.25) is 0 Å². The van der Waals surface area contributed by atoms with E-state index in [0.717, 1.165) is 96.3 Å². The van der Waals surface area contributed by atoms with Crippen molar-refractivity contribution in [1.29, 1.82) is 0 Å². The standard InChI is InChI=1S/C67H112O12/c1-4-7-10-13-16-19-22-25-27-29-30-32-33-36-38-41-44-47-50-53-59(68)75-56-58(77-60(69)54-51-48-45-42-39-35-24-21-18-15-12-9-6-3)57-76-67-65(63(72)62(71)64(79-67)66(73)74)78-61(70)55-52-49-46-43-40-37-34-31-28-26-23-20-17-14-11-8-5-2/h9,12,17-18,20-21,25-28,35,39,45,48,58,62-65,67,71-72H,4-8,10-11,13-16,19,22-24,29-34,36-38,40-44,46-47,49-57H2,1-3H3,(H,73,74)/b12-9-,20-17-,21-18-,27-25-,28-26-,39-35-,48-45-. The Morgan fingerprint density at radius 3 is 1.30 bits per heavy atom. The van der Waals surface area contributed by atoms with Gasteiger partial charge in [0.25, 0.3) is 0 Å². The highest BCUT2D eigenvalue weighted by Gasteiger charge is 2.50. The molecule has 0 saturated carbocycles. The summed E-state index contributed by atoms with van der Waals surface area (Å²) < 4.78 is 28.4. The molecular weight excluding hydrogens is 997 g/mol. The number of rotatable bonds is 53. The summed E-state index contributed by atoms with van der Waals surface area (Å²) >= 11 is 0. The molecule has 1 aliphatic rings. The first-order valence-electron chi connectivity index (χ1n) is 31.6. The minimum atomic E-state index is -1.92. The lowest BCUT2D eigenvalue weighted by molar-refractivity contribution is -0.301. The number of aliphatic hydroxyl groups is 2. The van der Waals surface area contributed by atoms with Crippen molar-refractivity contribution in [2.24, 2.45) is 0 Å². The second-order valence-electron chi connectivity index (χ2n) is 21.3. The second kappa shape index (κ2) is 54.5. The summed E-state index contributed by atoms with van der Waals surface area (Å²) in [5.41, 5.74) is 0. The Kier molecular flexibility index (Phi) is 50.3. The van der Waals surface area contributed by atoms with Crippen molar-refractivity contribution in [1.82, 2.24) is 0 Å². The number of carboxylic acid groups (broad SMARTS) is 1. The van der Waals surface area contributed by atoms with Gasteiger partial charge < -0.3 is 39.0 Å². The number of carboxylic acids is 1. The Balaban J connectivity index is 2.68. The van der Waals surface area contributed by atoms with E-state index in [1.54, 1.807) is 0 Å². The third-order valence-corrected chi connectivity index (χ3v) is 13.9. The Bertz CT molecular complexity index is 1700. The largest absolute Gasteiger partial charge is 0.479 e. The number of carbonyl (C=O) groups is 4. The van der Waals surface area contributed by atoms with E-state index in [9.17, 15) is 34.5 Å². The molecule has 12 nitrogen and oxygen atoms in total. The predicted octanol–water partition coefficient (Wildman–Crippen LogP) is 16.7. The van der Waals surface area contributed by atoms with Crippen LogP contribution in [0.5, 0.6) is 0 Å². The van der Waals surface area contributed by atoms with E-state index < -0.39 is 67.3 Å². The zero-order chi connectivity index (χ0) is 57.5. The van der Waals surface area contributed by atoms with Crippen LogP contribution in [0.4, 0.5) is 0 Å². The van der Waals surface area contributed by atoms with Crippen molar-refractivity contribution >= 4 is 23.9 Å². The first kappa shape index (κ1) is 72.9.